The van der Waals surface area contributed by atoms with E-state index in [1.165, 1.54) is 0 Å². The Bertz CT molecular complexity index is 1160. The van der Waals surface area contributed by atoms with Gasteiger partial charge in [0.2, 0.25) is 5.78 Å². The van der Waals surface area contributed by atoms with Crippen LogP contribution >= 0.6 is 0 Å². The highest BCUT2D eigenvalue weighted by Gasteiger charge is 2.14. The van der Waals surface area contributed by atoms with E-state index in [0.717, 1.165) is 22.3 Å². The summed E-state index contributed by atoms with van der Waals surface area (Å²) in [5.41, 5.74) is 5.40. The molecule has 4 aromatic rings. The average Bonchev–Trinajstić information content (AvgIpc) is 3.16. The molecule has 0 aliphatic heterocycles. The molecule has 2 heterocycles. The van der Waals surface area contributed by atoms with Crippen LogP contribution in [-0.4, -0.2) is 20.3 Å². The molecule has 0 fully saturated rings. The summed E-state index contributed by atoms with van der Waals surface area (Å²) in [6.07, 6.45) is 3.56. The minimum atomic E-state index is -0.0234. The summed E-state index contributed by atoms with van der Waals surface area (Å²) < 4.78 is 1.88. The molecule has 0 atom stereocenters. The van der Waals surface area contributed by atoms with Gasteiger partial charge in [0.25, 0.3) is 0 Å². The van der Waals surface area contributed by atoms with Gasteiger partial charge in [0.1, 0.15) is 6.54 Å². The second kappa shape index (κ2) is 7.52. The Morgan fingerprint density at radius 1 is 1.07 bits per heavy atom. The SMILES string of the molecule is Cc1ccc(C(=O)c2cccn2Cc2cnc3cc(CN=O)ccc3n2)cc1. The number of aryl methyl sites for hydroxylation is 1. The van der Waals surface area contributed by atoms with Crippen LogP contribution in [0.15, 0.2) is 72.2 Å². The van der Waals surface area contributed by atoms with Crippen molar-refractivity contribution in [1.82, 2.24) is 14.5 Å². The summed E-state index contributed by atoms with van der Waals surface area (Å²) in [5, 5.41) is 2.90. The first kappa shape index (κ1) is 17.7. The van der Waals surface area contributed by atoms with Gasteiger partial charge in [-0.15, -0.1) is 0 Å². The molecule has 0 aliphatic carbocycles. The molecule has 0 unspecified atom stereocenters. The van der Waals surface area contributed by atoms with E-state index in [9.17, 15) is 9.70 Å². The largest absolute Gasteiger partial charge is 0.339 e. The lowest BCUT2D eigenvalue weighted by atomic mass is 10.1. The Morgan fingerprint density at radius 3 is 2.68 bits per heavy atom. The van der Waals surface area contributed by atoms with Gasteiger partial charge in [-0.1, -0.05) is 41.1 Å². The van der Waals surface area contributed by atoms with Gasteiger partial charge in [0.05, 0.1) is 35.2 Å². The van der Waals surface area contributed by atoms with Crippen molar-refractivity contribution in [2.45, 2.75) is 20.0 Å². The Hall–Kier alpha value is -3.67. The number of nitrogens with zero attached hydrogens (tertiary/aromatic N) is 4. The van der Waals surface area contributed by atoms with Gasteiger partial charge in [0, 0.05) is 11.8 Å². The van der Waals surface area contributed by atoms with Crippen LogP contribution in [0.2, 0.25) is 0 Å². The second-order valence-corrected chi connectivity index (χ2v) is 6.69. The maximum Gasteiger partial charge on any atom is 0.209 e. The van der Waals surface area contributed by atoms with Crippen LogP contribution in [0.3, 0.4) is 0 Å². The summed E-state index contributed by atoms with van der Waals surface area (Å²) in [5.74, 6) is -0.0234. The van der Waals surface area contributed by atoms with Crippen LogP contribution < -0.4 is 0 Å². The Morgan fingerprint density at radius 2 is 1.89 bits per heavy atom. The molecule has 0 amide bonds. The van der Waals surface area contributed by atoms with Crippen molar-refractivity contribution in [3.63, 3.8) is 0 Å². The number of fused-ring (bicyclic) bond motifs is 1. The minimum Gasteiger partial charge on any atom is -0.339 e. The van der Waals surface area contributed by atoms with Crippen molar-refractivity contribution in [2.24, 2.45) is 5.18 Å². The summed E-state index contributed by atoms with van der Waals surface area (Å²) in [4.78, 5) is 32.4. The molecule has 0 radical (unpaired) electrons. The predicted octanol–water partition coefficient (Wildman–Crippen LogP) is 4.29. The van der Waals surface area contributed by atoms with Crippen LogP contribution in [0.5, 0.6) is 0 Å². The van der Waals surface area contributed by atoms with Crippen LogP contribution in [0, 0.1) is 11.8 Å². The predicted molar refractivity (Wildman–Crippen MR) is 107 cm³/mol. The maximum absolute atomic E-state index is 12.8. The lowest BCUT2D eigenvalue weighted by molar-refractivity contribution is 0.103. The number of rotatable bonds is 6. The normalized spacial score (nSPS) is 10.9. The van der Waals surface area contributed by atoms with Crippen molar-refractivity contribution in [3.05, 3.63) is 100.0 Å². The van der Waals surface area contributed by atoms with Gasteiger partial charge in [-0.05, 0) is 36.8 Å². The van der Waals surface area contributed by atoms with E-state index in [-0.39, 0.29) is 12.3 Å². The van der Waals surface area contributed by atoms with Gasteiger partial charge in [-0.2, -0.15) is 4.91 Å². The maximum atomic E-state index is 12.8. The van der Waals surface area contributed by atoms with Crippen LogP contribution in [0.4, 0.5) is 0 Å². The van der Waals surface area contributed by atoms with Gasteiger partial charge in [-0.25, -0.2) is 4.98 Å². The van der Waals surface area contributed by atoms with Gasteiger partial charge in [0.15, 0.2) is 0 Å². The third kappa shape index (κ3) is 3.57. The third-order valence-electron chi connectivity index (χ3n) is 4.61. The summed E-state index contributed by atoms with van der Waals surface area (Å²) in [6, 6.07) is 16.7. The lowest BCUT2D eigenvalue weighted by Gasteiger charge is -2.09. The standard InChI is InChI=1S/C22H18N4O2/c1-15-4-7-17(8-5-15)22(27)21-3-2-10-26(21)14-18-13-23-20-11-16(12-24-28)6-9-19(20)25-18/h2-11,13H,12,14H2,1H3. The molecule has 4 rings (SSSR count). The zero-order valence-electron chi connectivity index (χ0n) is 15.4. The Labute approximate surface area is 161 Å². The van der Waals surface area contributed by atoms with Crippen molar-refractivity contribution in [1.29, 1.82) is 0 Å². The van der Waals surface area contributed by atoms with E-state index >= 15 is 0 Å². The topological polar surface area (TPSA) is 77.2 Å². The summed E-state index contributed by atoms with van der Waals surface area (Å²) in [6.45, 7) is 2.56. The van der Waals surface area contributed by atoms with Crippen molar-refractivity contribution in [3.8, 4) is 0 Å². The van der Waals surface area contributed by atoms with Gasteiger partial charge < -0.3 is 4.57 Å². The molecular formula is C22H18N4O2. The number of carbonyl (C=O) groups is 1. The average molecular weight is 370 g/mol. The minimum absolute atomic E-state index is 0.0234. The molecule has 2 aromatic carbocycles. The first-order valence-electron chi connectivity index (χ1n) is 8.94. The fraction of sp³-hybridized carbons (Fsp3) is 0.136. The fourth-order valence-electron chi connectivity index (χ4n) is 3.13. The van der Waals surface area contributed by atoms with E-state index in [2.05, 4.69) is 15.1 Å². The second-order valence-electron chi connectivity index (χ2n) is 6.69. The zero-order valence-corrected chi connectivity index (χ0v) is 15.4. The van der Waals surface area contributed by atoms with Gasteiger partial charge in [-0.3, -0.25) is 9.78 Å². The van der Waals surface area contributed by atoms with Crippen LogP contribution in [0.1, 0.15) is 32.9 Å². The molecule has 0 aliphatic rings. The van der Waals surface area contributed by atoms with E-state index in [4.69, 9.17) is 0 Å². The third-order valence-corrected chi connectivity index (χ3v) is 4.61. The van der Waals surface area contributed by atoms with Crippen LogP contribution in [-0.2, 0) is 13.1 Å². The number of aromatic nitrogens is 3. The first-order chi connectivity index (χ1) is 13.6. The molecule has 0 N–H and O–H groups in total. The number of hydrogen-bond donors (Lipinski definition) is 0. The number of ketones is 1. The highest BCUT2D eigenvalue weighted by molar-refractivity contribution is 6.08. The van der Waals surface area contributed by atoms with E-state index < -0.39 is 0 Å². The lowest BCUT2D eigenvalue weighted by Crippen LogP contribution is -2.11. The van der Waals surface area contributed by atoms with Crippen molar-refractivity contribution in [2.75, 3.05) is 0 Å². The molecule has 138 valence electrons. The molecular weight excluding hydrogens is 352 g/mol. The quantitative estimate of drug-likeness (QED) is 0.375. The molecule has 2 aromatic heterocycles. The van der Waals surface area contributed by atoms with E-state index in [1.807, 2.05) is 72.3 Å². The summed E-state index contributed by atoms with van der Waals surface area (Å²) >= 11 is 0. The molecule has 0 saturated carbocycles. The smallest absolute Gasteiger partial charge is 0.209 e. The molecule has 6 heteroatoms. The van der Waals surface area contributed by atoms with E-state index in [0.29, 0.717) is 23.3 Å². The monoisotopic (exact) mass is 370 g/mol. The fourth-order valence-corrected chi connectivity index (χ4v) is 3.13. The molecule has 0 saturated heterocycles. The number of benzene rings is 2. The highest BCUT2D eigenvalue weighted by Crippen LogP contribution is 2.16. The van der Waals surface area contributed by atoms with Crippen molar-refractivity contribution >= 4 is 16.8 Å². The Kier molecular flexibility index (Phi) is 4.76. The first-order valence-corrected chi connectivity index (χ1v) is 8.94. The highest BCUT2D eigenvalue weighted by atomic mass is 16.3. The number of hydrogen-bond acceptors (Lipinski definition) is 5. The number of carbonyl (C=O) groups excluding carboxylic acids is 1. The molecule has 6 nitrogen and oxygen atoms in total. The van der Waals surface area contributed by atoms with Crippen molar-refractivity contribution < 1.29 is 4.79 Å². The van der Waals surface area contributed by atoms with E-state index in [1.54, 1.807) is 6.20 Å². The van der Waals surface area contributed by atoms with Gasteiger partial charge >= 0.3 is 0 Å². The molecule has 28 heavy (non-hydrogen) atoms. The number of nitroso groups, excluding NO2 is 1. The molecule has 0 bridgehead atoms. The summed E-state index contributed by atoms with van der Waals surface area (Å²) in [7, 11) is 0. The van der Waals surface area contributed by atoms with Crippen LogP contribution in [0.25, 0.3) is 11.0 Å². The molecule has 0 spiro atoms. The zero-order chi connectivity index (χ0) is 19.5. The Balaban J connectivity index is 1.60.